The lowest BCUT2D eigenvalue weighted by molar-refractivity contribution is -0.384. The molecule has 0 aliphatic heterocycles. The summed E-state index contributed by atoms with van der Waals surface area (Å²) in [5.74, 6) is 0.434. The number of non-ortho nitro benzene ring substituents is 1. The van der Waals surface area contributed by atoms with E-state index in [9.17, 15) is 14.9 Å². The first-order chi connectivity index (χ1) is 12.5. The van der Waals surface area contributed by atoms with Gasteiger partial charge in [-0.05, 0) is 38.1 Å². The van der Waals surface area contributed by atoms with Gasteiger partial charge in [-0.15, -0.1) is 0 Å². The van der Waals surface area contributed by atoms with Crippen molar-refractivity contribution in [3.63, 3.8) is 0 Å². The Morgan fingerprint density at radius 3 is 2.62 bits per heavy atom. The van der Waals surface area contributed by atoms with Crippen molar-refractivity contribution in [2.45, 2.75) is 13.8 Å². The molecule has 0 unspecified atom stereocenters. The van der Waals surface area contributed by atoms with E-state index in [1.54, 1.807) is 19.1 Å². The fourth-order valence-electron chi connectivity index (χ4n) is 2.11. The number of anilines is 1. The van der Waals surface area contributed by atoms with E-state index < -0.39 is 4.92 Å². The summed E-state index contributed by atoms with van der Waals surface area (Å²) in [6, 6.07) is 13.3. The lowest BCUT2D eigenvalue weighted by atomic mass is 10.1. The van der Waals surface area contributed by atoms with Crippen LogP contribution in [-0.2, 0) is 4.79 Å². The molecule has 2 N–H and O–H groups in total. The highest BCUT2D eigenvalue weighted by molar-refractivity contribution is 5.99. The highest BCUT2D eigenvalue weighted by Gasteiger charge is 2.08. The van der Waals surface area contributed by atoms with E-state index in [4.69, 9.17) is 4.74 Å². The summed E-state index contributed by atoms with van der Waals surface area (Å²) in [5, 5.41) is 17.8. The molecular formula is C18H20N4O4. The van der Waals surface area contributed by atoms with Gasteiger partial charge in [0.1, 0.15) is 5.75 Å². The second-order valence-electron chi connectivity index (χ2n) is 5.35. The quantitative estimate of drug-likeness (QED) is 0.430. The topological polar surface area (TPSA) is 106 Å². The molecule has 0 aromatic heterocycles. The monoisotopic (exact) mass is 356 g/mol. The SMILES string of the molecule is CCOc1ccc(NCC(=O)N/N=C(\C)c2cccc([N+](=O)[O-])c2)cc1. The third kappa shape index (κ3) is 5.59. The summed E-state index contributed by atoms with van der Waals surface area (Å²) in [7, 11) is 0. The van der Waals surface area contributed by atoms with Gasteiger partial charge in [0.2, 0.25) is 0 Å². The Morgan fingerprint density at radius 1 is 1.23 bits per heavy atom. The van der Waals surface area contributed by atoms with Crippen molar-refractivity contribution in [3.8, 4) is 5.75 Å². The Balaban J connectivity index is 1.88. The fourth-order valence-corrected chi connectivity index (χ4v) is 2.11. The smallest absolute Gasteiger partial charge is 0.270 e. The number of hydrazone groups is 1. The van der Waals surface area contributed by atoms with Crippen LogP contribution in [0.15, 0.2) is 53.6 Å². The van der Waals surface area contributed by atoms with E-state index in [2.05, 4.69) is 15.8 Å². The molecule has 0 bridgehead atoms. The van der Waals surface area contributed by atoms with Crippen LogP contribution < -0.4 is 15.5 Å². The van der Waals surface area contributed by atoms with Crippen LogP contribution in [0.25, 0.3) is 0 Å². The number of amides is 1. The van der Waals surface area contributed by atoms with Crippen molar-refractivity contribution in [3.05, 3.63) is 64.2 Å². The van der Waals surface area contributed by atoms with Gasteiger partial charge < -0.3 is 10.1 Å². The Morgan fingerprint density at radius 2 is 1.96 bits per heavy atom. The summed E-state index contributed by atoms with van der Waals surface area (Å²) in [5.41, 5.74) is 4.22. The first kappa shape index (κ1) is 18.9. The van der Waals surface area contributed by atoms with Crippen molar-refractivity contribution in [2.75, 3.05) is 18.5 Å². The molecule has 0 atom stereocenters. The number of nitrogens with zero attached hydrogens (tertiary/aromatic N) is 2. The normalized spacial score (nSPS) is 10.9. The molecule has 0 saturated carbocycles. The zero-order valence-corrected chi connectivity index (χ0v) is 14.6. The van der Waals surface area contributed by atoms with E-state index in [0.29, 0.717) is 17.9 Å². The zero-order valence-electron chi connectivity index (χ0n) is 14.6. The number of rotatable bonds is 8. The highest BCUT2D eigenvalue weighted by Crippen LogP contribution is 2.15. The van der Waals surface area contributed by atoms with Gasteiger partial charge in [-0.1, -0.05) is 12.1 Å². The Kier molecular flexibility index (Phi) is 6.67. The summed E-state index contributed by atoms with van der Waals surface area (Å²) >= 11 is 0. The van der Waals surface area contributed by atoms with Gasteiger partial charge in [0.05, 0.1) is 23.8 Å². The van der Waals surface area contributed by atoms with Gasteiger partial charge in [0, 0.05) is 23.4 Å². The van der Waals surface area contributed by atoms with Crippen LogP contribution >= 0.6 is 0 Å². The minimum absolute atomic E-state index is 0.0273. The van der Waals surface area contributed by atoms with Crippen molar-refractivity contribution < 1.29 is 14.5 Å². The number of benzene rings is 2. The number of nitro benzene ring substituents is 1. The van der Waals surface area contributed by atoms with Gasteiger partial charge in [-0.2, -0.15) is 5.10 Å². The van der Waals surface area contributed by atoms with Gasteiger partial charge >= 0.3 is 0 Å². The van der Waals surface area contributed by atoms with Crippen LogP contribution in [0.5, 0.6) is 5.75 Å². The van der Waals surface area contributed by atoms with Crippen LogP contribution in [0.1, 0.15) is 19.4 Å². The van der Waals surface area contributed by atoms with Crippen molar-refractivity contribution >= 4 is 23.0 Å². The molecule has 26 heavy (non-hydrogen) atoms. The summed E-state index contributed by atoms with van der Waals surface area (Å²) in [6.45, 7) is 4.21. The molecule has 1 amide bonds. The van der Waals surface area contributed by atoms with E-state index in [1.807, 2.05) is 31.2 Å². The molecule has 8 heteroatoms. The van der Waals surface area contributed by atoms with E-state index in [0.717, 1.165) is 11.4 Å². The predicted molar refractivity (Wildman–Crippen MR) is 99.6 cm³/mol. The molecule has 0 aliphatic carbocycles. The lowest BCUT2D eigenvalue weighted by Crippen LogP contribution is -2.26. The lowest BCUT2D eigenvalue weighted by Gasteiger charge is -2.07. The average Bonchev–Trinajstić information content (AvgIpc) is 2.66. The minimum Gasteiger partial charge on any atom is -0.494 e. The number of hydrogen-bond donors (Lipinski definition) is 2. The molecule has 0 radical (unpaired) electrons. The van der Waals surface area contributed by atoms with Gasteiger partial charge in [0.25, 0.3) is 11.6 Å². The maximum Gasteiger partial charge on any atom is 0.270 e. The molecule has 136 valence electrons. The molecule has 8 nitrogen and oxygen atoms in total. The molecule has 0 aliphatic rings. The van der Waals surface area contributed by atoms with E-state index >= 15 is 0 Å². The first-order valence-corrected chi connectivity index (χ1v) is 8.04. The van der Waals surface area contributed by atoms with Crippen LogP contribution in [0.2, 0.25) is 0 Å². The first-order valence-electron chi connectivity index (χ1n) is 8.04. The predicted octanol–water partition coefficient (Wildman–Crippen LogP) is 2.95. The standard InChI is InChI=1S/C18H20N4O4/c1-3-26-17-9-7-15(8-10-17)19-12-18(23)21-20-13(2)14-5-4-6-16(11-14)22(24)25/h4-11,19H,3,12H2,1-2H3,(H,21,23)/b20-13+. The Hall–Kier alpha value is -3.42. The van der Waals surface area contributed by atoms with Crippen LogP contribution in [0, 0.1) is 10.1 Å². The van der Waals surface area contributed by atoms with Crippen LogP contribution in [0.3, 0.4) is 0 Å². The Labute approximate surface area is 151 Å². The molecular weight excluding hydrogens is 336 g/mol. The fraction of sp³-hybridized carbons (Fsp3) is 0.222. The average molecular weight is 356 g/mol. The molecule has 2 rings (SSSR count). The summed E-state index contributed by atoms with van der Waals surface area (Å²) in [6.07, 6.45) is 0. The summed E-state index contributed by atoms with van der Waals surface area (Å²) < 4.78 is 5.35. The molecule has 0 heterocycles. The molecule has 0 fully saturated rings. The second-order valence-corrected chi connectivity index (χ2v) is 5.35. The largest absolute Gasteiger partial charge is 0.494 e. The number of nitrogens with one attached hydrogen (secondary N) is 2. The number of ether oxygens (including phenoxy) is 1. The Bertz CT molecular complexity index is 803. The van der Waals surface area contributed by atoms with E-state index in [-0.39, 0.29) is 18.1 Å². The van der Waals surface area contributed by atoms with E-state index in [1.165, 1.54) is 12.1 Å². The minimum atomic E-state index is -0.476. The highest BCUT2D eigenvalue weighted by atomic mass is 16.6. The maximum atomic E-state index is 11.9. The van der Waals surface area contributed by atoms with Crippen LogP contribution in [0.4, 0.5) is 11.4 Å². The number of carbonyl (C=O) groups is 1. The molecule has 0 spiro atoms. The van der Waals surface area contributed by atoms with Gasteiger partial charge in [0.15, 0.2) is 0 Å². The van der Waals surface area contributed by atoms with Crippen LogP contribution in [-0.4, -0.2) is 29.7 Å². The van der Waals surface area contributed by atoms with Crippen molar-refractivity contribution in [1.82, 2.24) is 5.43 Å². The molecule has 2 aromatic rings. The van der Waals surface area contributed by atoms with Crippen molar-refractivity contribution in [2.24, 2.45) is 5.10 Å². The maximum absolute atomic E-state index is 11.9. The summed E-state index contributed by atoms with van der Waals surface area (Å²) in [4.78, 5) is 22.2. The second kappa shape index (κ2) is 9.16. The number of hydrogen-bond acceptors (Lipinski definition) is 6. The molecule has 0 saturated heterocycles. The zero-order chi connectivity index (χ0) is 18.9. The number of carbonyl (C=O) groups excluding carboxylic acids is 1. The number of nitro groups is 1. The third-order valence-corrected chi connectivity index (χ3v) is 3.44. The third-order valence-electron chi connectivity index (χ3n) is 3.44. The van der Waals surface area contributed by atoms with Gasteiger partial charge in [-0.3, -0.25) is 14.9 Å². The molecule has 2 aromatic carbocycles. The van der Waals surface area contributed by atoms with Gasteiger partial charge in [-0.25, -0.2) is 5.43 Å². The van der Waals surface area contributed by atoms with Crippen molar-refractivity contribution in [1.29, 1.82) is 0 Å².